The zero-order chi connectivity index (χ0) is 14.5. The van der Waals surface area contributed by atoms with E-state index in [-0.39, 0.29) is 18.3 Å². The molecule has 20 heavy (non-hydrogen) atoms. The Labute approximate surface area is 122 Å². The SMILES string of the molecule is COc1cc(C)nc(COc2ccc(F)cc2CCl)c1. The first-order chi connectivity index (χ1) is 9.62. The van der Waals surface area contributed by atoms with Crippen LogP contribution in [0.4, 0.5) is 4.39 Å². The van der Waals surface area contributed by atoms with Crippen LogP contribution in [0.1, 0.15) is 17.0 Å². The van der Waals surface area contributed by atoms with Crippen LogP contribution in [0.25, 0.3) is 0 Å². The zero-order valence-electron chi connectivity index (χ0n) is 11.3. The van der Waals surface area contributed by atoms with Gasteiger partial charge in [-0.05, 0) is 25.1 Å². The molecule has 0 aliphatic heterocycles. The first kappa shape index (κ1) is 14.6. The van der Waals surface area contributed by atoms with Crippen LogP contribution in [0.3, 0.4) is 0 Å². The first-order valence-electron chi connectivity index (χ1n) is 6.11. The Balaban J connectivity index is 2.14. The lowest BCUT2D eigenvalue weighted by atomic mass is 10.2. The Morgan fingerprint density at radius 2 is 2.05 bits per heavy atom. The van der Waals surface area contributed by atoms with Gasteiger partial charge in [-0.15, -0.1) is 11.6 Å². The molecule has 2 rings (SSSR count). The number of hydrogen-bond acceptors (Lipinski definition) is 3. The van der Waals surface area contributed by atoms with Crippen molar-refractivity contribution in [1.82, 2.24) is 4.98 Å². The molecule has 1 heterocycles. The molecule has 0 aliphatic carbocycles. The number of halogens is 2. The van der Waals surface area contributed by atoms with Crippen molar-refractivity contribution in [2.45, 2.75) is 19.4 Å². The lowest BCUT2D eigenvalue weighted by Crippen LogP contribution is -2.02. The maximum Gasteiger partial charge on any atom is 0.130 e. The molecule has 0 aliphatic rings. The predicted molar refractivity (Wildman–Crippen MR) is 75.8 cm³/mol. The molecular weight excluding hydrogens is 281 g/mol. The smallest absolute Gasteiger partial charge is 0.130 e. The van der Waals surface area contributed by atoms with Crippen LogP contribution in [0.2, 0.25) is 0 Å². The van der Waals surface area contributed by atoms with Crippen LogP contribution in [0.5, 0.6) is 11.5 Å². The monoisotopic (exact) mass is 295 g/mol. The van der Waals surface area contributed by atoms with Gasteiger partial charge in [-0.25, -0.2) is 4.39 Å². The van der Waals surface area contributed by atoms with Crippen molar-refractivity contribution in [1.29, 1.82) is 0 Å². The Morgan fingerprint density at radius 1 is 1.25 bits per heavy atom. The average Bonchev–Trinajstić information content (AvgIpc) is 2.45. The molecule has 3 nitrogen and oxygen atoms in total. The van der Waals surface area contributed by atoms with E-state index in [0.717, 1.165) is 17.1 Å². The van der Waals surface area contributed by atoms with Crippen molar-refractivity contribution in [2.24, 2.45) is 0 Å². The number of nitrogens with zero attached hydrogens (tertiary/aromatic N) is 1. The molecule has 1 aromatic carbocycles. The summed E-state index contributed by atoms with van der Waals surface area (Å²) in [6.45, 7) is 2.15. The number of pyridine rings is 1. The second kappa shape index (κ2) is 6.57. The lowest BCUT2D eigenvalue weighted by molar-refractivity contribution is 0.297. The van der Waals surface area contributed by atoms with Gasteiger partial charge in [0.05, 0.1) is 18.7 Å². The van der Waals surface area contributed by atoms with E-state index in [2.05, 4.69) is 4.98 Å². The lowest BCUT2D eigenvalue weighted by Gasteiger charge is -2.11. The molecule has 0 amide bonds. The summed E-state index contributed by atoms with van der Waals surface area (Å²) in [5.41, 5.74) is 2.21. The molecule has 0 atom stereocenters. The van der Waals surface area contributed by atoms with Gasteiger partial charge in [0.25, 0.3) is 0 Å². The third-order valence-corrected chi connectivity index (χ3v) is 3.05. The number of hydrogen-bond donors (Lipinski definition) is 0. The van der Waals surface area contributed by atoms with E-state index in [9.17, 15) is 4.39 Å². The van der Waals surface area contributed by atoms with E-state index >= 15 is 0 Å². The summed E-state index contributed by atoms with van der Waals surface area (Å²) < 4.78 is 23.9. The number of benzene rings is 1. The molecule has 0 N–H and O–H groups in total. The Kier molecular flexibility index (Phi) is 4.79. The molecule has 0 spiro atoms. The Morgan fingerprint density at radius 3 is 2.75 bits per heavy atom. The minimum Gasteiger partial charge on any atom is -0.497 e. The highest BCUT2D eigenvalue weighted by Gasteiger charge is 2.07. The van der Waals surface area contributed by atoms with Crippen molar-refractivity contribution in [3.05, 3.63) is 53.1 Å². The van der Waals surface area contributed by atoms with Gasteiger partial charge < -0.3 is 9.47 Å². The fraction of sp³-hybridized carbons (Fsp3) is 0.267. The van der Waals surface area contributed by atoms with Crippen LogP contribution in [-0.2, 0) is 12.5 Å². The minimum atomic E-state index is -0.330. The van der Waals surface area contributed by atoms with Crippen molar-refractivity contribution in [3.8, 4) is 11.5 Å². The van der Waals surface area contributed by atoms with E-state index in [0.29, 0.717) is 11.3 Å². The standard InChI is InChI=1S/C15H15ClFNO2/c1-10-5-14(19-2)7-13(18-10)9-20-15-4-3-12(17)6-11(15)8-16/h3-7H,8-9H2,1-2H3. The first-order valence-corrected chi connectivity index (χ1v) is 6.64. The van der Waals surface area contributed by atoms with Crippen LogP contribution in [0, 0.1) is 12.7 Å². The van der Waals surface area contributed by atoms with Crippen molar-refractivity contribution >= 4 is 11.6 Å². The van der Waals surface area contributed by atoms with Crippen LogP contribution < -0.4 is 9.47 Å². The van der Waals surface area contributed by atoms with Crippen molar-refractivity contribution in [2.75, 3.05) is 7.11 Å². The zero-order valence-corrected chi connectivity index (χ0v) is 12.1. The highest BCUT2D eigenvalue weighted by atomic mass is 35.5. The summed E-state index contributed by atoms with van der Waals surface area (Å²) in [7, 11) is 1.60. The normalized spacial score (nSPS) is 10.4. The van der Waals surface area contributed by atoms with Crippen molar-refractivity contribution in [3.63, 3.8) is 0 Å². The number of alkyl halides is 1. The highest BCUT2D eigenvalue weighted by Crippen LogP contribution is 2.23. The van der Waals surface area contributed by atoms with Crippen LogP contribution >= 0.6 is 11.6 Å². The third kappa shape index (κ3) is 3.61. The molecule has 5 heteroatoms. The van der Waals surface area contributed by atoms with E-state index in [4.69, 9.17) is 21.1 Å². The number of ether oxygens (including phenoxy) is 2. The fourth-order valence-electron chi connectivity index (χ4n) is 1.84. The third-order valence-electron chi connectivity index (χ3n) is 2.76. The molecule has 0 bridgehead atoms. The van der Waals surface area contributed by atoms with E-state index < -0.39 is 0 Å². The maximum atomic E-state index is 13.1. The molecule has 2 aromatic rings. The molecule has 0 radical (unpaired) electrons. The van der Waals surface area contributed by atoms with Gasteiger partial charge in [0.2, 0.25) is 0 Å². The van der Waals surface area contributed by atoms with E-state index in [1.807, 2.05) is 13.0 Å². The summed E-state index contributed by atoms with van der Waals surface area (Å²) in [6.07, 6.45) is 0. The summed E-state index contributed by atoms with van der Waals surface area (Å²) in [5.74, 6) is 1.15. The largest absolute Gasteiger partial charge is 0.497 e. The Hall–Kier alpha value is -1.81. The van der Waals surface area contributed by atoms with Crippen LogP contribution in [0.15, 0.2) is 30.3 Å². The number of aryl methyl sites for hydroxylation is 1. The predicted octanol–water partition coefficient (Wildman–Crippen LogP) is 3.86. The van der Waals surface area contributed by atoms with Gasteiger partial charge >= 0.3 is 0 Å². The minimum absolute atomic E-state index is 0.192. The molecule has 0 saturated heterocycles. The second-order valence-electron chi connectivity index (χ2n) is 4.31. The maximum absolute atomic E-state index is 13.1. The van der Waals surface area contributed by atoms with Gasteiger partial charge in [-0.2, -0.15) is 0 Å². The van der Waals surface area contributed by atoms with Gasteiger partial charge in [0.15, 0.2) is 0 Å². The molecule has 106 valence electrons. The van der Waals surface area contributed by atoms with Crippen LogP contribution in [-0.4, -0.2) is 12.1 Å². The number of aromatic nitrogens is 1. The molecule has 0 unspecified atom stereocenters. The topological polar surface area (TPSA) is 31.4 Å². The summed E-state index contributed by atoms with van der Waals surface area (Å²) in [4.78, 5) is 4.36. The number of rotatable bonds is 5. The summed E-state index contributed by atoms with van der Waals surface area (Å²) in [5, 5.41) is 0. The van der Waals surface area contributed by atoms with Crippen molar-refractivity contribution < 1.29 is 13.9 Å². The summed E-state index contributed by atoms with van der Waals surface area (Å²) in [6, 6.07) is 7.92. The number of methoxy groups -OCH3 is 1. The van der Waals surface area contributed by atoms with E-state index in [1.54, 1.807) is 19.2 Å². The molecule has 1 aromatic heterocycles. The summed E-state index contributed by atoms with van der Waals surface area (Å²) >= 11 is 5.78. The quantitative estimate of drug-likeness (QED) is 0.785. The highest BCUT2D eigenvalue weighted by molar-refractivity contribution is 6.17. The van der Waals surface area contributed by atoms with Gasteiger partial charge in [-0.3, -0.25) is 4.98 Å². The average molecular weight is 296 g/mol. The Bertz CT molecular complexity index is 604. The van der Waals surface area contributed by atoms with E-state index in [1.165, 1.54) is 12.1 Å². The molecular formula is C15H15ClFNO2. The fourth-order valence-corrected chi connectivity index (χ4v) is 2.05. The second-order valence-corrected chi connectivity index (χ2v) is 4.58. The van der Waals surface area contributed by atoms with Gasteiger partial charge in [0, 0.05) is 23.4 Å². The molecule has 0 fully saturated rings. The van der Waals surface area contributed by atoms with Gasteiger partial charge in [0.1, 0.15) is 23.9 Å². The van der Waals surface area contributed by atoms with Gasteiger partial charge in [-0.1, -0.05) is 0 Å². The molecule has 0 saturated carbocycles.